The van der Waals surface area contributed by atoms with E-state index >= 15 is 0 Å². The minimum absolute atomic E-state index is 0.0566. The van der Waals surface area contributed by atoms with E-state index in [9.17, 15) is 5.11 Å². The average Bonchev–Trinajstić information content (AvgIpc) is 2.67. The molecule has 0 aromatic carbocycles. The van der Waals surface area contributed by atoms with Gasteiger partial charge in [-0.05, 0) is 50.9 Å². The molecule has 1 aliphatic heterocycles. The van der Waals surface area contributed by atoms with Crippen LogP contribution >= 0.6 is 0 Å². The second-order valence-corrected chi connectivity index (χ2v) is 5.15. The first kappa shape index (κ1) is 10.4. The highest BCUT2D eigenvalue weighted by Crippen LogP contribution is 2.37. The summed E-state index contributed by atoms with van der Waals surface area (Å²) in [5, 5.41) is 9.65. The molecule has 1 heterocycles. The van der Waals surface area contributed by atoms with Crippen molar-refractivity contribution in [2.45, 2.75) is 64.3 Å². The van der Waals surface area contributed by atoms with Gasteiger partial charge in [0.2, 0.25) is 0 Å². The summed E-state index contributed by atoms with van der Waals surface area (Å²) in [7, 11) is 0. The van der Waals surface area contributed by atoms with Crippen LogP contribution in [-0.2, 0) is 4.74 Å². The summed E-state index contributed by atoms with van der Waals surface area (Å²) in [4.78, 5) is 0. The van der Waals surface area contributed by atoms with E-state index in [0.717, 1.165) is 6.42 Å². The molecule has 0 amide bonds. The van der Waals surface area contributed by atoms with Crippen LogP contribution in [0.1, 0.15) is 46.0 Å². The van der Waals surface area contributed by atoms with Gasteiger partial charge in [0.25, 0.3) is 0 Å². The van der Waals surface area contributed by atoms with Crippen molar-refractivity contribution in [1.82, 2.24) is 0 Å². The standard InChI is InChI=1S/C12H22O2/c1-8-3-5-11(14-8)7-10-4-6-12(13)9(10)2/h8-13H,3-7H2,1-2H3. The molecule has 1 saturated carbocycles. The van der Waals surface area contributed by atoms with Crippen LogP contribution < -0.4 is 0 Å². The SMILES string of the molecule is CC1CCC(CC2CCC(O)C2C)O1. The van der Waals surface area contributed by atoms with Crippen LogP contribution in [0.2, 0.25) is 0 Å². The van der Waals surface area contributed by atoms with E-state index in [4.69, 9.17) is 4.74 Å². The highest BCUT2D eigenvalue weighted by Gasteiger charge is 2.34. The normalized spacial score (nSPS) is 48.6. The summed E-state index contributed by atoms with van der Waals surface area (Å²) in [6.45, 7) is 4.34. The Balaban J connectivity index is 1.80. The number of aliphatic hydroxyl groups excluding tert-OH is 1. The Labute approximate surface area is 86.6 Å². The van der Waals surface area contributed by atoms with Gasteiger partial charge in [-0.25, -0.2) is 0 Å². The Hall–Kier alpha value is -0.0800. The molecular weight excluding hydrogens is 176 g/mol. The number of rotatable bonds is 2. The number of hydrogen-bond acceptors (Lipinski definition) is 2. The quantitative estimate of drug-likeness (QED) is 0.738. The fourth-order valence-electron chi connectivity index (χ4n) is 2.95. The van der Waals surface area contributed by atoms with E-state index in [-0.39, 0.29) is 6.10 Å². The summed E-state index contributed by atoms with van der Waals surface area (Å²) in [6, 6.07) is 0. The van der Waals surface area contributed by atoms with E-state index in [1.165, 1.54) is 25.7 Å². The predicted octanol–water partition coefficient (Wildman–Crippen LogP) is 2.35. The van der Waals surface area contributed by atoms with Crippen molar-refractivity contribution in [3.05, 3.63) is 0 Å². The Morgan fingerprint density at radius 3 is 2.43 bits per heavy atom. The first-order valence-corrected chi connectivity index (χ1v) is 6.00. The molecule has 0 bridgehead atoms. The number of ether oxygens (including phenoxy) is 1. The molecule has 1 saturated heterocycles. The van der Waals surface area contributed by atoms with Gasteiger partial charge in [0.05, 0.1) is 18.3 Å². The largest absolute Gasteiger partial charge is 0.393 e. The van der Waals surface area contributed by atoms with Crippen LogP contribution in [0, 0.1) is 11.8 Å². The topological polar surface area (TPSA) is 29.5 Å². The lowest BCUT2D eigenvalue weighted by Crippen LogP contribution is -2.20. The van der Waals surface area contributed by atoms with Gasteiger partial charge >= 0.3 is 0 Å². The van der Waals surface area contributed by atoms with Crippen LogP contribution in [0.5, 0.6) is 0 Å². The Kier molecular flexibility index (Phi) is 3.13. The number of aliphatic hydroxyl groups is 1. The van der Waals surface area contributed by atoms with Crippen molar-refractivity contribution in [2.75, 3.05) is 0 Å². The van der Waals surface area contributed by atoms with Gasteiger partial charge in [0, 0.05) is 0 Å². The van der Waals surface area contributed by atoms with Crippen molar-refractivity contribution in [3.8, 4) is 0 Å². The Morgan fingerprint density at radius 1 is 1.14 bits per heavy atom. The lowest BCUT2D eigenvalue weighted by molar-refractivity contribution is 0.0327. The summed E-state index contributed by atoms with van der Waals surface area (Å²) in [6.07, 6.45) is 6.67. The highest BCUT2D eigenvalue weighted by atomic mass is 16.5. The maximum Gasteiger partial charge on any atom is 0.0582 e. The van der Waals surface area contributed by atoms with Gasteiger partial charge in [0.1, 0.15) is 0 Å². The van der Waals surface area contributed by atoms with Crippen molar-refractivity contribution in [1.29, 1.82) is 0 Å². The molecule has 1 aliphatic carbocycles. The smallest absolute Gasteiger partial charge is 0.0582 e. The minimum Gasteiger partial charge on any atom is -0.393 e. The van der Waals surface area contributed by atoms with Gasteiger partial charge in [-0.2, -0.15) is 0 Å². The molecule has 5 unspecified atom stereocenters. The molecule has 0 aromatic heterocycles. The molecule has 0 spiro atoms. The van der Waals surface area contributed by atoms with Crippen LogP contribution in [0.3, 0.4) is 0 Å². The predicted molar refractivity (Wildman–Crippen MR) is 56.1 cm³/mol. The molecule has 82 valence electrons. The zero-order chi connectivity index (χ0) is 10.1. The van der Waals surface area contributed by atoms with E-state index in [2.05, 4.69) is 13.8 Å². The zero-order valence-corrected chi connectivity index (χ0v) is 9.28. The molecular formula is C12H22O2. The van der Waals surface area contributed by atoms with Gasteiger partial charge < -0.3 is 9.84 Å². The first-order valence-electron chi connectivity index (χ1n) is 6.00. The van der Waals surface area contributed by atoms with E-state index in [1.807, 2.05) is 0 Å². The van der Waals surface area contributed by atoms with Crippen LogP contribution in [0.25, 0.3) is 0 Å². The second kappa shape index (κ2) is 4.19. The van der Waals surface area contributed by atoms with Crippen LogP contribution in [-0.4, -0.2) is 23.4 Å². The van der Waals surface area contributed by atoms with Crippen LogP contribution in [0.15, 0.2) is 0 Å². The Bertz CT molecular complexity index is 193. The third-order valence-corrected chi connectivity index (χ3v) is 4.07. The molecule has 5 atom stereocenters. The maximum atomic E-state index is 9.65. The maximum absolute atomic E-state index is 9.65. The number of hydrogen-bond donors (Lipinski definition) is 1. The first-order chi connectivity index (χ1) is 6.66. The average molecular weight is 198 g/mol. The van der Waals surface area contributed by atoms with Gasteiger partial charge in [-0.3, -0.25) is 0 Å². The van der Waals surface area contributed by atoms with Gasteiger partial charge in [0.15, 0.2) is 0 Å². The van der Waals surface area contributed by atoms with E-state index < -0.39 is 0 Å². The van der Waals surface area contributed by atoms with E-state index in [1.54, 1.807) is 0 Å². The third-order valence-electron chi connectivity index (χ3n) is 4.07. The third kappa shape index (κ3) is 2.12. The second-order valence-electron chi connectivity index (χ2n) is 5.15. The van der Waals surface area contributed by atoms with Gasteiger partial charge in [-0.1, -0.05) is 6.92 Å². The summed E-state index contributed by atoms with van der Waals surface area (Å²) in [5.41, 5.74) is 0. The van der Waals surface area contributed by atoms with Crippen molar-refractivity contribution < 1.29 is 9.84 Å². The van der Waals surface area contributed by atoms with Gasteiger partial charge in [-0.15, -0.1) is 0 Å². The molecule has 2 rings (SSSR count). The molecule has 2 aliphatic rings. The summed E-state index contributed by atoms with van der Waals surface area (Å²) < 4.78 is 5.83. The monoisotopic (exact) mass is 198 g/mol. The molecule has 1 N–H and O–H groups in total. The lowest BCUT2D eigenvalue weighted by Gasteiger charge is -2.21. The molecule has 0 radical (unpaired) electrons. The summed E-state index contributed by atoms with van der Waals surface area (Å²) >= 11 is 0. The molecule has 2 fully saturated rings. The van der Waals surface area contributed by atoms with Crippen LogP contribution in [0.4, 0.5) is 0 Å². The minimum atomic E-state index is -0.0566. The molecule has 14 heavy (non-hydrogen) atoms. The molecule has 2 nitrogen and oxygen atoms in total. The fourth-order valence-corrected chi connectivity index (χ4v) is 2.95. The molecule has 0 aromatic rings. The van der Waals surface area contributed by atoms with Crippen molar-refractivity contribution >= 4 is 0 Å². The Morgan fingerprint density at radius 2 is 1.93 bits per heavy atom. The zero-order valence-electron chi connectivity index (χ0n) is 9.28. The van der Waals surface area contributed by atoms with Crippen molar-refractivity contribution in [3.63, 3.8) is 0 Å². The highest BCUT2D eigenvalue weighted by molar-refractivity contribution is 4.85. The fraction of sp³-hybridized carbons (Fsp3) is 1.00. The van der Waals surface area contributed by atoms with E-state index in [0.29, 0.717) is 24.0 Å². The summed E-state index contributed by atoms with van der Waals surface area (Å²) in [5.74, 6) is 1.18. The lowest BCUT2D eigenvalue weighted by atomic mass is 9.90. The molecule has 2 heteroatoms. The van der Waals surface area contributed by atoms with Crippen molar-refractivity contribution in [2.24, 2.45) is 11.8 Å².